The summed E-state index contributed by atoms with van der Waals surface area (Å²) >= 11 is 3.46. The monoisotopic (exact) mass is 535 g/mol. The summed E-state index contributed by atoms with van der Waals surface area (Å²) in [5.74, 6) is 0.910. The molecule has 0 aliphatic heterocycles. The highest BCUT2D eigenvalue weighted by atomic mass is 79.9. The molecule has 0 unspecified atom stereocenters. The number of halogens is 1. The zero-order valence-electron chi connectivity index (χ0n) is 19.8. The van der Waals surface area contributed by atoms with Gasteiger partial charge in [0.1, 0.15) is 5.75 Å². The quantitative estimate of drug-likeness (QED) is 0.141. The van der Waals surface area contributed by atoms with Gasteiger partial charge in [-0.25, -0.2) is 4.98 Å². The molecule has 0 amide bonds. The molecule has 0 atom stereocenters. The maximum atomic E-state index is 5.84. The van der Waals surface area contributed by atoms with Crippen molar-refractivity contribution in [3.63, 3.8) is 0 Å². The number of nitrogens with zero attached hydrogens (tertiary/aromatic N) is 3. The first-order valence-corrected chi connectivity index (χ1v) is 13.1. The number of alkyl halides is 1. The molecule has 0 aliphatic carbocycles. The minimum atomic E-state index is 0.744. The highest BCUT2D eigenvalue weighted by Gasteiger charge is 2.10. The average molecular weight is 536 g/mol. The molecule has 4 nitrogen and oxygen atoms in total. The lowest BCUT2D eigenvalue weighted by Crippen LogP contribution is -1.97. The summed E-state index contributed by atoms with van der Waals surface area (Å²) in [4.78, 5) is 13.5. The summed E-state index contributed by atoms with van der Waals surface area (Å²) < 4.78 is 5.84. The number of hydrogen-bond acceptors (Lipinski definition) is 4. The van der Waals surface area contributed by atoms with Crippen molar-refractivity contribution in [1.29, 1.82) is 0 Å². The molecule has 3 heterocycles. The number of ether oxygens (including phenoxy) is 1. The van der Waals surface area contributed by atoms with Crippen molar-refractivity contribution >= 4 is 15.9 Å². The Morgan fingerprint density at radius 1 is 0.583 bits per heavy atom. The number of aromatic nitrogens is 3. The molecule has 5 heteroatoms. The largest absolute Gasteiger partial charge is 0.494 e. The Morgan fingerprint density at radius 3 is 1.61 bits per heavy atom. The van der Waals surface area contributed by atoms with E-state index in [4.69, 9.17) is 9.72 Å². The molecule has 5 rings (SSSR count). The molecule has 178 valence electrons. The van der Waals surface area contributed by atoms with Crippen LogP contribution in [0.2, 0.25) is 0 Å². The normalized spacial score (nSPS) is 10.8. The Balaban J connectivity index is 1.41. The standard InChI is InChI=1S/C31H26BrN3O/c32-15-1-2-18-36-29-13-11-24(12-14-29)23-7-9-25(10-8-23)28-19-30(26-5-3-16-33-21-26)35-31(20-28)27-6-4-17-34-22-27/h3-14,16-17,19-22H,1-2,15,18H2. The topological polar surface area (TPSA) is 47.9 Å². The molecular weight excluding hydrogens is 510 g/mol. The van der Waals surface area contributed by atoms with E-state index in [9.17, 15) is 0 Å². The van der Waals surface area contributed by atoms with E-state index in [1.165, 1.54) is 5.56 Å². The molecule has 0 bridgehead atoms. The van der Waals surface area contributed by atoms with Gasteiger partial charge in [0.15, 0.2) is 0 Å². The predicted octanol–water partition coefficient (Wildman–Crippen LogP) is 8.09. The van der Waals surface area contributed by atoms with Crippen LogP contribution in [0.25, 0.3) is 44.8 Å². The van der Waals surface area contributed by atoms with Crippen molar-refractivity contribution in [3.8, 4) is 50.5 Å². The van der Waals surface area contributed by atoms with Crippen LogP contribution in [0, 0.1) is 0 Å². The van der Waals surface area contributed by atoms with Crippen molar-refractivity contribution in [2.45, 2.75) is 12.8 Å². The smallest absolute Gasteiger partial charge is 0.119 e. The summed E-state index contributed by atoms with van der Waals surface area (Å²) in [5.41, 5.74) is 8.29. The third-order valence-electron chi connectivity index (χ3n) is 5.94. The fourth-order valence-electron chi connectivity index (χ4n) is 4.01. The molecular formula is C31H26BrN3O. The van der Waals surface area contributed by atoms with Crippen LogP contribution in [-0.4, -0.2) is 26.9 Å². The number of benzene rings is 2. The fourth-order valence-corrected chi connectivity index (χ4v) is 4.40. The molecule has 0 radical (unpaired) electrons. The second-order valence-electron chi connectivity index (χ2n) is 8.46. The van der Waals surface area contributed by atoms with Crippen molar-refractivity contribution in [2.75, 3.05) is 11.9 Å². The van der Waals surface area contributed by atoms with Crippen molar-refractivity contribution < 1.29 is 4.74 Å². The third-order valence-corrected chi connectivity index (χ3v) is 6.50. The van der Waals surface area contributed by atoms with Crippen LogP contribution in [0.5, 0.6) is 5.75 Å². The second kappa shape index (κ2) is 11.7. The van der Waals surface area contributed by atoms with Crippen LogP contribution in [0.3, 0.4) is 0 Å². The Labute approximate surface area is 220 Å². The molecule has 3 aromatic heterocycles. The van der Waals surface area contributed by atoms with Gasteiger partial charge >= 0.3 is 0 Å². The van der Waals surface area contributed by atoms with Gasteiger partial charge in [-0.05, 0) is 83.6 Å². The molecule has 0 N–H and O–H groups in total. The van der Waals surface area contributed by atoms with Crippen LogP contribution in [0.4, 0.5) is 0 Å². The van der Waals surface area contributed by atoms with Gasteiger partial charge in [0.2, 0.25) is 0 Å². The molecule has 0 aliphatic rings. The molecule has 0 saturated heterocycles. The van der Waals surface area contributed by atoms with Gasteiger partial charge in [-0.2, -0.15) is 0 Å². The molecule has 0 saturated carbocycles. The maximum Gasteiger partial charge on any atom is 0.119 e. The van der Waals surface area contributed by atoms with E-state index in [0.29, 0.717) is 0 Å². The van der Waals surface area contributed by atoms with Gasteiger partial charge < -0.3 is 4.74 Å². The van der Waals surface area contributed by atoms with E-state index in [0.717, 1.165) is 69.7 Å². The van der Waals surface area contributed by atoms with Crippen molar-refractivity contribution in [2.24, 2.45) is 0 Å². The molecule has 36 heavy (non-hydrogen) atoms. The van der Waals surface area contributed by atoms with Crippen LogP contribution in [0.1, 0.15) is 12.8 Å². The summed E-state index contributed by atoms with van der Waals surface area (Å²) in [7, 11) is 0. The molecule has 5 aromatic rings. The number of pyridine rings is 3. The van der Waals surface area contributed by atoms with Gasteiger partial charge in [0, 0.05) is 41.2 Å². The van der Waals surface area contributed by atoms with E-state index in [2.05, 4.69) is 74.4 Å². The lowest BCUT2D eigenvalue weighted by Gasteiger charge is -2.11. The fraction of sp³-hybridized carbons (Fsp3) is 0.129. The summed E-state index contributed by atoms with van der Waals surface area (Å²) in [6.07, 6.45) is 9.41. The van der Waals surface area contributed by atoms with E-state index in [1.807, 2.05) is 48.8 Å². The Morgan fingerprint density at radius 2 is 1.11 bits per heavy atom. The van der Waals surface area contributed by atoms with Gasteiger partial charge in [0.25, 0.3) is 0 Å². The first-order chi connectivity index (χ1) is 17.8. The molecule has 2 aromatic carbocycles. The zero-order valence-corrected chi connectivity index (χ0v) is 21.4. The maximum absolute atomic E-state index is 5.84. The zero-order chi connectivity index (χ0) is 24.6. The van der Waals surface area contributed by atoms with Crippen LogP contribution >= 0.6 is 15.9 Å². The Bertz CT molecular complexity index is 1330. The van der Waals surface area contributed by atoms with E-state index in [1.54, 1.807) is 12.4 Å². The first kappa shape index (κ1) is 23.9. The van der Waals surface area contributed by atoms with Gasteiger partial charge in [-0.15, -0.1) is 0 Å². The third kappa shape index (κ3) is 5.86. The predicted molar refractivity (Wildman–Crippen MR) is 150 cm³/mol. The molecule has 0 fully saturated rings. The van der Waals surface area contributed by atoms with Crippen molar-refractivity contribution in [1.82, 2.24) is 15.0 Å². The highest BCUT2D eigenvalue weighted by molar-refractivity contribution is 9.09. The van der Waals surface area contributed by atoms with Gasteiger partial charge in [0.05, 0.1) is 18.0 Å². The SMILES string of the molecule is BrCCCCOc1ccc(-c2ccc(-c3cc(-c4cccnc4)nc(-c4cccnc4)c3)cc2)cc1. The van der Waals surface area contributed by atoms with Crippen LogP contribution < -0.4 is 4.74 Å². The summed E-state index contributed by atoms with van der Waals surface area (Å²) in [5, 5.41) is 1.01. The molecule has 0 spiro atoms. The average Bonchev–Trinajstić information content (AvgIpc) is 2.96. The van der Waals surface area contributed by atoms with E-state index in [-0.39, 0.29) is 0 Å². The summed E-state index contributed by atoms with van der Waals surface area (Å²) in [6, 6.07) is 29.1. The van der Waals surface area contributed by atoms with Gasteiger partial charge in [-0.1, -0.05) is 52.3 Å². The lowest BCUT2D eigenvalue weighted by atomic mass is 9.98. The van der Waals surface area contributed by atoms with Crippen LogP contribution in [0.15, 0.2) is 110 Å². The van der Waals surface area contributed by atoms with Crippen LogP contribution in [-0.2, 0) is 0 Å². The van der Waals surface area contributed by atoms with Crippen molar-refractivity contribution in [3.05, 3.63) is 110 Å². The minimum absolute atomic E-state index is 0.744. The summed E-state index contributed by atoms with van der Waals surface area (Å²) in [6.45, 7) is 0.744. The second-order valence-corrected chi connectivity index (χ2v) is 9.25. The number of unbranched alkanes of at least 4 members (excludes halogenated alkanes) is 1. The number of hydrogen-bond donors (Lipinski definition) is 0. The highest BCUT2D eigenvalue weighted by Crippen LogP contribution is 2.31. The Hall–Kier alpha value is -3.83. The lowest BCUT2D eigenvalue weighted by molar-refractivity contribution is 0.310. The minimum Gasteiger partial charge on any atom is -0.494 e. The van der Waals surface area contributed by atoms with E-state index >= 15 is 0 Å². The van der Waals surface area contributed by atoms with E-state index < -0.39 is 0 Å². The van der Waals surface area contributed by atoms with Gasteiger partial charge in [-0.3, -0.25) is 9.97 Å². The number of rotatable bonds is 9. The first-order valence-electron chi connectivity index (χ1n) is 12.0. The Kier molecular flexibility index (Phi) is 7.79.